The highest BCUT2D eigenvalue weighted by molar-refractivity contribution is 5.76. The summed E-state index contributed by atoms with van der Waals surface area (Å²) in [6.07, 6.45) is 29.9. The molecule has 464 valence electrons. The van der Waals surface area contributed by atoms with Gasteiger partial charge in [0.2, 0.25) is 11.8 Å². The molecule has 2 amide bonds. The first kappa shape index (κ1) is 66.2. The summed E-state index contributed by atoms with van der Waals surface area (Å²) >= 11 is 0. The Bertz CT molecular complexity index is 1740. The topological polar surface area (TPSA) is 199 Å². The van der Waals surface area contributed by atoms with Crippen molar-refractivity contribution in [1.82, 2.24) is 31.9 Å². The Balaban J connectivity index is 0.000000231. The molecule has 8 aliphatic rings. The zero-order valence-electron chi connectivity index (χ0n) is 53.3. The molecule has 8 aliphatic carbocycles. The largest absolute Gasteiger partial charge is 0.393 e. The van der Waals surface area contributed by atoms with E-state index in [9.17, 15) is 19.8 Å². The van der Waals surface area contributed by atoms with Gasteiger partial charge in [0.15, 0.2) is 0 Å². The monoisotopic (exact) mass is 1120 g/mol. The van der Waals surface area contributed by atoms with Crippen LogP contribution in [0, 0.1) is 92.7 Å². The number of amides is 2. The van der Waals surface area contributed by atoms with Gasteiger partial charge >= 0.3 is 0 Å². The molecule has 0 aromatic heterocycles. The maximum Gasteiger partial charge on any atom is 0.220 e. The Labute approximate surface area is 490 Å². The van der Waals surface area contributed by atoms with Gasteiger partial charge in [0.05, 0.1) is 12.2 Å². The van der Waals surface area contributed by atoms with E-state index in [1.54, 1.807) is 0 Å². The van der Waals surface area contributed by atoms with Gasteiger partial charge in [-0.2, -0.15) is 0 Å². The van der Waals surface area contributed by atoms with Gasteiger partial charge in [-0.15, -0.1) is 0 Å². The van der Waals surface area contributed by atoms with E-state index in [4.69, 9.17) is 11.5 Å². The summed E-state index contributed by atoms with van der Waals surface area (Å²) in [4.78, 5) is 24.7. The third-order valence-corrected chi connectivity index (χ3v) is 25.0. The second-order valence-corrected chi connectivity index (χ2v) is 30.6. The Hall–Kier alpha value is -1.38. The maximum absolute atomic E-state index is 12.3. The van der Waals surface area contributed by atoms with Crippen molar-refractivity contribution >= 4 is 11.8 Å². The van der Waals surface area contributed by atoms with Crippen LogP contribution in [0.15, 0.2) is 0 Å². The van der Waals surface area contributed by atoms with Gasteiger partial charge in [0.1, 0.15) is 0 Å². The molecule has 0 aromatic carbocycles. The molecule has 0 saturated heterocycles. The van der Waals surface area contributed by atoms with Gasteiger partial charge < -0.3 is 53.6 Å². The van der Waals surface area contributed by atoms with Crippen molar-refractivity contribution in [1.29, 1.82) is 0 Å². The molecular formula is C68H128N8O4. The molecule has 0 spiro atoms. The first-order valence-electron chi connectivity index (χ1n) is 34.4. The van der Waals surface area contributed by atoms with Crippen molar-refractivity contribution in [2.75, 3.05) is 52.4 Å². The number of rotatable bonds is 28. The van der Waals surface area contributed by atoms with Crippen molar-refractivity contribution < 1.29 is 19.8 Å². The number of nitrogens with two attached hydrogens (primary N) is 2. The average molecular weight is 1120 g/mol. The van der Waals surface area contributed by atoms with Crippen LogP contribution in [0.3, 0.4) is 0 Å². The first-order chi connectivity index (χ1) is 38.2. The number of fused-ring (bicyclic) bond motifs is 10. The third kappa shape index (κ3) is 15.8. The fraction of sp³-hybridized carbons (Fsp3) is 0.971. The standard InChI is InChI=1S/2C34H64N4O2/c1-23(2)38-31(40)12-9-24(3)27-10-11-28-32-29(14-16-34(27,28)5)33(4)15-13-26(21-25(33)22-30(32)39)37-20-7-6-18-36-19-8-17-35;1-23(2)38-31(40)12-9-24(3)27-10-11-28-32-29(14-16-34(27,28)5)33(4)15-13-26(21-25(33)22-30(32)39)37-20-8-19-36-18-7-6-17-35/h2*23-30,32,36-37,39H,6-22,35H2,1-5H3,(H,38,40)/t2*24-,25?,26+,27-,28?,29?,30-,32?,33+,34-/m11/s1. The number of nitrogens with one attached hydrogen (secondary N) is 6. The van der Waals surface area contributed by atoms with Gasteiger partial charge in [-0.05, 0) is 327 Å². The Morgan fingerprint density at radius 3 is 1.27 bits per heavy atom. The zero-order valence-corrected chi connectivity index (χ0v) is 53.3. The molecule has 0 aliphatic heterocycles. The van der Waals surface area contributed by atoms with Crippen LogP contribution < -0.4 is 43.4 Å². The highest BCUT2D eigenvalue weighted by Gasteiger charge is 2.65. The second-order valence-electron chi connectivity index (χ2n) is 30.6. The summed E-state index contributed by atoms with van der Waals surface area (Å²) in [5, 5.41) is 44.4. The lowest BCUT2D eigenvalue weighted by atomic mass is 9.43. The van der Waals surface area contributed by atoms with E-state index in [0.717, 1.165) is 90.9 Å². The van der Waals surface area contributed by atoms with E-state index in [2.05, 4.69) is 73.4 Å². The highest BCUT2D eigenvalue weighted by Crippen LogP contribution is 2.70. The van der Waals surface area contributed by atoms with Crippen LogP contribution in [-0.2, 0) is 9.59 Å². The van der Waals surface area contributed by atoms with E-state index in [1.165, 1.54) is 116 Å². The molecule has 12 N–H and O–H groups in total. The quantitative estimate of drug-likeness (QED) is 0.0337. The first-order valence-corrected chi connectivity index (χ1v) is 34.4. The van der Waals surface area contributed by atoms with E-state index in [1.807, 2.05) is 27.7 Å². The molecule has 0 aromatic rings. The fourth-order valence-corrected chi connectivity index (χ4v) is 20.7. The molecular weight excluding hydrogens is 993 g/mol. The van der Waals surface area contributed by atoms with Crippen molar-refractivity contribution in [2.24, 2.45) is 104 Å². The van der Waals surface area contributed by atoms with Gasteiger partial charge in [-0.25, -0.2) is 0 Å². The number of unbranched alkanes of at least 4 members (excludes halogenated alkanes) is 2. The van der Waals surface area contributed by atoms with Gasteiger partial charge in [-0.3, -0.25) is 9.59 Å². The number of carbonyl (C=O) groups is 2. The molecule has 0 bridgehead atoms. The van der Waals surface area contributed by atoms with E-state index in [0.29, 0.717) is 118 Å². The van der Waals surface area contributed by atoms with Crippen LogP contribution in [-0.4, -0.2) is 111 Å². The smallest absolute Gasteiger partial charge is 0.220 e. The lowest BCUT2D eigenvalue weighted by Gasteiger charge is -2.62. The summed E-state index contributed by atoms with van der Waals surface area (Å²) < 4.78 is 0. The van der Waals surface area contributed by atoms with Crippen LogP contribution >= 0.6 is 0 Å². The molecule has 12 heteroatoms. The Morgan fingerprint density at radius 2 is 0.838 bits per heavy atom. The van der Waals surface area contributed by atoms with Gasteiger partial charge in [-0.1, -0.05) is 41.5 Å². The molecule has 0 heterocycles. The van der Waals surface area contributed by atoms with Crippen molar-refractivity contribution in [3.63, 3.8) is 0 Å². The number of aliphatic hydroxyl groups excluding tert-OH is 2. The molecule has 20 atom stereocenters. The van der Waals surface area contributed by atoms with Crippen molar-refractivity contribution in [3.8, 4) is 0 Å². The Morgan fingerprint density at radius 1 is 0.463 bits per heavy atom. The van der Waals surface area contributed by atoms with Crippen molar-refractivity contribution in [3.05, 3.63) is 0 Å². The van der Waals surface area contributed by atoms with Crippen LogP contribution in [0.2, 0.25) is 0 Å². The minimum atomic E-state index is -0.143. The minimum absolute atomic E-state index is 0.142. The molecule has 12 nitrogen and oxygen atoms in total. The summed E-state index contributed by atoms with van der Waals surface area (Å²) in [6.45, 7) is 31.3. The van der Waals surface area contributed by atoms with Crippen LogP contribution in [0.1, 0.15) is 236 Å². The molecule has 80 heavy (non-hydrogen) atoms. The third-order valence-electron chi connectivity index (χ3n) is 25.0. The van der Waals surface area contributed by atoms with E-state index in [-0.39, 0.29) is 36.1 Å². The van der Waals surface area contributed by atoms with Crippen LogP contribution in [0.4, 0.5) is 0 Å². The van der Waals surface area contributed by atoms with Crippen molar-refractivity contribution in [2.45, 2.75) is 273 Å². The summed E-state index contributed by atoms with van der Waals surface area (Å²) in [7, 11) is 0. The predicted molar refractivity (Wildman–Crippen MR) is 332 cm³/mol. The molecule has 8 rings (SSSR count). The molecule has 8 fully saturated rings. The second kappa shape index (κ2) is 30.3. The van der Waals surface area contributed by atoms with Crippen LogP contribution in [0.25, 0.3) is 0 Å². The maximum atomic E-state index is 12.3. The highest BCUT2D eigenvalue weighted by atomic mass is 16.3. The number of aliphatic hydroxyl groups is 2. The normalized spacial score (nSPS) is 39.9. The summed E-state index contributed by atoms with van der Waals surface area (Å²) in [6, 6.07) is 1.66. The lowest BCUT2D eigenvalue weighted by molar-refractivity contribution is -0.167. The average Bonchev–Trinajstić information content (AvgIpc) is 3.98. The van der Waals surface area contributed by atoms with E-state index >= 15 is 0 Å². The summed E-state index contributed by atoms with van der Waals surface area (Å²) in [5.74, 6) is 7.75. The number of hydrogen-bond acceptors (Lipinski definition) is 10. The molecule has 8 saturated carbocycles. The van der Waals surface area contributed by atoms with Gasteiger partial charge in [0.25, 0.3) is 0 Å². The minimum Gasteiger partial charge on any atom is -0.393 e. The van der Waals surface area contributed by atoms with Gasteiger partial charge in [0, 0.05) is 37.0 Å². The lowest BCUT2D eigenvalue weighted by Crippen LogP contribution is -2.59. The fourth-order valence-electron chi connectivity index (χ4n) is 20.7. The Kier molecular flexibility index (Phi) is 25.1. The summed E-state index contributed by atoms with van der Waals surface area (Å²) in [5.41, 5.74) is 12.6. The number of hydrogen-bond donors (Lipinski definition) is 10. The van der Waals surface area contributed by atoms with Crippen LogP contribution in [0.5, 0.6) is 0 Å². The number of carbonyl (C=O) groups excluding carboxylic acids is 2. The molecule has 8 unspecified atom stereocenters. The molecule has 0 radical (unpaired) electrons. The predicted octanol–water partition coefficient (Wildman–Crippen LogP) is 10.5. The van der Waals surface area contributed by atoms with E-state index < -0.39 is 0 Å². The SMILES string of the molecule is CC(C)NC(=O)CC[C@@H](C)[C@H]1CCC2C3C(CC[C@@]21C)[C@@]1(C)CC[C@H](NCCCCNCCCN)CC1C[C@H]3O.CC(C)NC(=O)CC[C@@H](C)[C@H]1CCC2C3C(CC[C@@]21C)[C@@]1(C)CC[C@H](NCCCNCCCCN)CC1C[C@H]3O. The zero-order chi connectivity index (χ0) is 57.8.